The van der Waals surface area contributed by atoms with Crippen LogP contribution in [0.4, 0.5) is 0 Å². The molecule has 0 spiro atoms. The van der Waals surface area contributed by atoms with E-state index in [1.165, 1.54) is 5.56 Å². The monoisotopic (exact) mass is 222 g/mol. The lowest BCUT2D eigenvalue weighted by molar-refractivity contribution is -0.123. The molecule has 0 atom stereocenters. The first-order chi connectivity index (χ1) is 7.23. The van der Waals surface area contributed by atoms with Gasteiger partial charge in [0.1, 0.15) is 5.54 Å². The fourth-order valence-electron chi connectivity index (χ4n) is 1.50. The van der Waals surface area contributed by atoms with Crippen LogP contribution in [0.2, 0.25) is 0 Å². The fourth-order valence-corrected chi connectivity index (χ4v) is 2.61. The Morgan fingerprint density at radius 1 is 1.40 bits per heavy atom. The van der Waals surface area contributed by atoms with Gasteiger partial charge < -0.3 is 5.73 Å². The molecule has 80 valence electrons. The zero-order valence-electron chi connectivity index (χ0n) is 8.40. The van der Waals surface area contributed by atoms with E-state index in [0.29, 0.717) is 6.54 Å². The van der Waals surface area contributed by atoms with E-state index in [0.717, 1.165) is 11.5 Å². The standard InChI is InChI=1S/C11H14N2OS/c12-10(14)11(7-15-8-11)13-6-9-4-2-1-3-5-9/h1-5,13H,6-8H2,(H2,12,14). The quantitative estimate of drug-likeness (QED) is 0.790. The van der Waals surface area contributed by atoms with Gasteiger partial charge in [0.15, 0.2) is 0 Å². The van der Waals surface area contributed by atoms with E-state index < -0.39 is 5.54 Å². The minimum absolute atomic E-state index is 0.239. The lowest BCUT2D eigenvalue weighted by Crippen LogP contribution is -2.64. The number of benzene rings is 1. The van der Waals surface area contributed by atoms with Gasteiger partial charge >= 0.3 is 0 Å². The van der Waals surface area contributed by atoms with Gasteiger partial charge in [0.05, 0.1) is 0 Å². The molecule has 3 N–H and O–H groups in total. The van der Waals surface area contributed by atoms with Crippen LogP contribution in [0.1, 0.15) is 5.56 Å². The molecule has 1 aromatic rings. The summed E-state index contributed by atoms with van der Waals surface area (Å²) in [6.45, 7) is 0.699. The Morgan fingerprint density at radius 3 is 2.53 bits per heavy atom. The molecule has 1 amide bonds. The molecule has 1 aliphatic rings. The van der Waals surface area contributed by atoms with Crippen LogP contribution in [0.25, 0.3) is 0 Å². The largest absolute Gasteiger partial charge is 0.368 e. The van der Waals surface area contributed by atoms with Crippen molar-refractivity contribution in [2.24, 2.45) is 5.73 Å². The second-order valence-corrected chi connectivity index (χ2v) is 4.76. The molecule has 0 saturated carbocycles. The van der Waals surface area contributed by atoms with Crippen LogP contribution < -0.4 is 11.1 Å². The number of hydrogen-bond donors (Lipinski definition) is 2. The van der Waals surface area contributed by atoms with Crippen molar-refractivity contribution in [1.82, 2.24) is 5.32 Å². The molecule has 2 rings (SSSR count). The number of primary amides is 1. The molecule has 15 heavy (non-hydrogen) atoms. The average molecular weight is 222 g/mol. The van der Waals surface area contributed by atoms with Crippen molar-refractivity contribution in [3.05, 3.63) is 35.9 Å². The van der Waals surface area contributed by atoms with Crippen molar-refractivity contribution in [3.8, 4) is 0 Å². The average Bonchev–Trinajstić information content (AvgIpc) is 2.17. The lowest BCUT2D eigenvalue weighted by atomic mass is 10.0. The Hall–Kier alpha value is -1.00. The molecule has 1 heterocycles. The number of thioether (sulfide) groups is 1. The normalized spacial score (nSPS) is 18.1. The number of nitrogens with two attached hydrogens (primary N) is 1. The Bertz CT molecular complexity index is 349. The molecular weight excluding hydrogens is 208 g/mol. The van der Waals surface area contributed by atoms with Crippen molar-refractivity contribution in [1.29, 1.82) is 0 Å². The van der Waals surface area contributed by atoms with E-state index in [4.69, 9.17) is 5.73 Å². The van der Waals surface area contributed by atoms with Crippen molar-refractivity contribution in [3.63, 3.8) is 0 Å². The molecule has 0 aromatic heterocycles. The first-order valence-corrected chi connectivity index (χ1v) is 6.05. The number of hydrogen-bond acceptors (Lipinski definition) is 3. The number of carbonyl (C=O) groups excluding carboxylic acids is 1. The van der Waals surface area contributed by atoms with E-state index in [-0.39, 0.29) is 5.91 Å². The maximum atomic E-state index is 11.3. The van der Waals surface area contributed by atoms with E-state index >= 15 is 0 Å². The number of nitrogens with one attached hydrogen (secondary N) is 1. The summed E-state index contributed by atoms with van der Waals surface area (Å²) < 4.78 is 0. The van der Waals surface area contributed by atoms with E-state index in [9.17, 15) is 4.79 Å². The SMILES string of the molecule is NC(=O)C1(NCc2ccccc2)CSC1. The Morgan fingerprint density at radius 2 is 2.07 bits per heavy atom. The van der Waals surface area contributed by atoms with Gasteiger partial charge in [-0.25, -0.2) is 0 Å². The highest BCUT2D eigenvalue weighted by Crippen LogP contribution is 2.29. The van der Waals surface area contributed by atoms with Gasteiger partial charge in [0, 0.05) is 18.1 Å². The van der Waals surface area contributed by atoms with Crippen molar-refractivity contribution in [2.75, 3.05) is 11.5 Å². The molecule has 0 unspecified atom stereocenters. The minimum atomic E-state index is -0.472. The summed E-state index contributed by atoms with van der Waals surface area (Å²) >= 11 is 1.74. The third-order valence-electron chi connectivity index (χ3n) is 2.64. The Labute approximate surface area is 93.4 Å². The Kier molecular flexibility index (Phi) is 2.98. The first kappa shape index (κ1) is 10.5. The molecular formula is C11H14N2OS. The van der Waals surface area contributed by atoms with Crippen LogP contribution in [-0.4, -0.2) is 23.0 Å². The van der Waals surface area contributed by atoms with Crippen LogP contribution in [0, 0.1) is 0 Å². The first-order valence-electron chi connectivity index (χ1n) is 4.90. The van der Waals surface area contributed by atoms with E-state index in [1.807, 2.05) is 30.3 Å². The predicted molar refractivity (Wildman–Crippen MR) is 62.5 cm³/mol. The third kappa shape index (κ3) is 2.16. The summed E-state index contributed by atoms with van der Waals surface area (Å²) in [6.07, 6.45) is 0. The van der Waals surface area contributed by atoms with Gasteiger partial charge in [-0.05, 0) is 5.56 Å². The molecule has 1 aromatic carbocycles. The topological polar surface area (TPSA) is 55.1 Å². The number of amides is 1. The maximum Gasteiger partial charge on any atom is 0.239 e. The van der Waals surface area contributed by atoms with Crippen molar-refractivity contribution in [2.45, 2.75) is 12.1 Å². The van der Waals surface area contributed by atoms with Gasteiger partial charge in [-0.15, -0.1) is 0 Å². The predicted octanol–water partition coefficient (Wildman–Crippen LogP) is 0.747. The van der Waals surface area contributed by atoms with Crippen LogP contribution >= 0.6 is 11.8 Å². The molecule has 1 aliphatic heterocycles. The van der Waals surface area contributed by atoms with E-state index in [1.54, 1.807) is 11.8 Å². The van der Waals surface area contributed by atoms with Gasteiger partial charge in [0.2, 0.25) is 5.91 Å². The number of rotatable bonds is 4. The second kappa shape index (κ2) is 4.24. The van der Waals surface area contributed by atoms with Gasteiger partial charge in [-0.3, -0.25) is 10.1 Å². The molecule has 1 fully saturated rings. The Balaban J connectivity index is 1.95. The smallest absolute Gasteiger partial charge is 0.239 e. The van der Waals surface area contributed by atoms with Crippen LogP contribution in [-0.2, 0) is 11.3 Å². The highest BCUT2D eigenvalue weighted by atomic mass is 32.2. The summed E-state index contributed by atoms with van der Waals surface area (Å²) in [5, 5.41) is 3.25. The summed E-state index contributed by atoms with van der Waals surface area (Å²) in [5.41, 5.74) is 6.09. The number of carbonyl (C=O) groups is 1. The van der Waals surface area contributed by atoms with Gasteiger partial charge in [0.25, 0.3) is 0 Å². The zero-order valence-corrected chi connectivity index (χ0v) is 9.22. The summed E-state index contributed by atoms with van der Waals surface area (Å²) in [4.78, 5) is 11.3. The summed E-state index contributed by atoms with van der Waals surface area (Å²) in [5.74, 6) is 1.34. The van der Waals surface area contributed by atoms with Gasteiger partial charge in [-0.2, -0.15) is 11.8 Å². The maximum absolute atomic E-state index is 11.3. The van der Waals surface area contributed by atoms with Crippen molar-refractivity contribution < 1.29 is 4.79 Å². The van der Waals surface area contributed by atoms with E-state index in [2.05, 4.69) is 5.32 Å². The third-order valence-corrected chi connectivity index (χ3v) is 4.04. The fraction of sp³-hybridized carbons (Fsp3) is 0.364. The second-order valence-electron chi connectivity index (χ2n) is 3.78. The lowest BCUT2D eigenvalue weighted by Gasteiger charge is -2.39. The highest BCUT2D eigenvalue weighted by Gasteiger charge is 2.42. The van der Waals surface area contributed by atoms with Crippen LogP contribution in [0.3, 0.4) is 0 Å². The molecule has 4 heteroatoms. The molecule has 3 nitrogen and oxygen atoms in total. The molecule has 1 saturated heterocycles. The zero-order chi connectivity index (χ0) is 10.7. The molecule has 0 aliphatic carbocycles. The highest BCUT2D eigenvalue weighted by molar-refractivity contribution is 8.01. The molecule has 0 radical (unpaired) electrons. The van der Waals surface area contributed by atoms with Crippen LogP contribution in [0.5, 0.6) is 0 Å². The summed E-state index contributed by atoms with van der Waals surface area (Å²) in [7, 11) is 0. The van der Waals surface area contributed by atoms with Crippen LogP contribution in [0.15, 0.2) is 30.3 Å². The minimum Gasteiger partial charge on any atom is -0.368 e. The van der Waals surface area contributed by atoms with Gasteiger partial charge in [-0.1, -0.05) is 30.3 Å². The summed E-state index contributed by atoms with van der Waals surface area (Å²) in [6, 6.07) is 10.0. The van der Waals surface area contributed by atoms with Crippen molar-refractivity contribution >= 4 is 17.7 Å². The molecule has 0 bridgehead atoms.